The third-order valence-electron chi connectivity index (χ3n) is 9.23. The van der Waals surface area contributed by atoms with E-state index in [2.05, 4.69) is 30.1 Å². The maximum absolute atomic E-state index is 12.5. The number of nitrogen functional groups attached to an aromatic ring is 2. The Kier molecular flexibility index (Phi) is 14.2. The van der Waals surface area contributed by atoms with E-state index < -0.39 is 5.97 Å². The molecule has 0 atom stereocenters. The van der Waals surface area contributed by atoms with E-state index in [0.717, 1.165) is 29.9 Å². The largest absolute Gasteiger partial charge is 0.465 e. The van der Waals surface area contributed by atoms with Crippen molar-refractivity contribution in [2.75, 3.05) is 41.6 Å². The Balaban J connectivity index is 0.000000195. The van der Waals surface area contributed by atoms with Crippen LogP contribution in [0.1, 0.15) is 65.9 Å². The lowest BCUT2D eigenvalue weighted by atomic mass is 10.1. The lowest BCUT2D eigenvalue weighted by Gasteiger charge is -2.17. The van der Waals surface area contributed by atoms with Crippen molar-refractivity contribution in [1.29, 1.82) is 0 Å². The van der Waals surface area contributed by atoms with Crippen LogP contribution in [0.15, 0.2) is 85.5 Å². The molecule has 7 heterocycles. The number of amides is 2. The number of anilines is 4. The predicted octanol–water partition coefficient (Wildman–Crippen LogP) is 4.02. The van der Waals surface area contributed by atoms with Crippen molar-refractivity contribution < 1.29 is 29.0 Å². The Hall–Kier alpha value is -7.05. The van der Waals surface area contributed by atoms with Crippen LogP contribution in [-0.2, 0) is 51.6 Å². The Morgan fingerprint density at radius 1 is 0.729 bits per heavy atom. The van der Waals surface area contributed by atoms with E-state index in [4.69, 9.17) is 20.9 Å². The zero-order valence-electron chi connectivity index (χ0n) is 31.1. The van der Waals surface area contributed by atoms with Gasteiger partial charge in [-0.2, -0.15) is 30.1 Å². The number of nitrogens with zero attached hydrogens (tertiary/aromatic N) is 10. The minimum Gasteiger partial charge on any atom is -0.465 e. The molecule has 4 aromatic heterocycles. The normalized spacial score (nSPS) is 13.6. The highest BCUT2D eigenvalue weighted by Gasteiger charge is 2.33. The van der Waals surface area contributed by atoms with Gasteiger partial charge in [-0.3, -0.25) is 19.4 Å². The van der Waals surface area contributed by atoms with E-state index in [0.29, 0.717) is 46.8 Å². The summed E-state index contributed by atoms with van der Waals surface area (Å²) >= 11 is 0. The second-order valence-corrected chi connectivity index (χ2v) is 13.1. The van der Waals surface area contributed by atoms with Crippen molar-refractivity contribution in [2.45, 2.75) is 60.2 Å². The number of benzene rings is 2. The number of carbonyl (C=O) groups excluding carboxylic acids is 3. The number of esters is 1. The molecule has 0 radical (unpaired) electrons. The molecule has 0 aliphatic carbocycles. The smallest absolute Gasteiger partial charge is 0.337 e. The van der Waals surface area contributed by atoms with Gasteiger partial charge >= 0.3 is 5.97 Å². The van der Waals surface area contributed by atoms with Gasteiger partial charge < -0.3 is 26.0 Å². The van der Waals surface area contributed by atoms with Gasteiger partial charge in [-0.25, -0.2) is 14.2 Å². The fourth-order valence-corrected chi connectivity index (χ4v) is 6.39. The number of ether oxygens (including phenoxy) is 2. The Morgan fingerprint density at radius 2 is 1.22 bits per heavy atom. The summed E-state index contributed by atoms with van der Waals surface area (Å²) in [6.07, 6.45) is 9.51. The fourth-order valence-electron chi connectivity index (χ4n) is 6.39. The molecule has 0 spiro atoms. The molecule has 1 fully saturated rings. The minimum atomic E-state index is -0.433. The van der Waals surface area contributed by atoms with Gasteiger partial charge in [-0.15, -0.1) is 0 Å². The molecule has 0 unspecified atom stereocenters. The van der Waals surface area contributed by atoms with Crippen molar-refractivity contribution in [3.8, 4) is 11.9 Å². The molecule has 6 aromatic rings. The zero-order chi connectivity index (χ0) is 39.9. The summed E-state index contributed by atoms with van der Waals surface area (Å²) in [6.45, 7) is 2.57. The van der Waals surface area contributed by atoms with Crippen molar-refractivity contribution in [1.82, 2.24) is 39.5 Å². The van der Waals surface area contributed by atoms with Crippen LogP contribution in [0.25, 0.3) is 11.9 Å². The highest BCUT2D eigenvalue weighted by molar-refractivity contribution is 6.02. The SMILES string of the molecule is C.C.C1CCOC1.COC(=O)c1cccc(CN2C(=O)Cc3c(N)nc(-n4cccn4)nc32)c1.Nc1nc(-n2cccn2)nc2c1CC(=O)N2Cc1cccc(CO)c1. The van der Waals surface area contributed by atoms with Crippen molar-refractivity contribution in [3.63, 3.8) is 0 Å². The molecule has 308 valence electrons. The van der Waals surface area contributed by atoms with Gasteiger partial charge in [-0.1, -0.05) is 51.3 Å². The van der Waals surface area contributed by atoms with Crippen LogP contribution in [0, 0.1) is 0 Å². The molecule has 0 bridgehead atoms. The molecule has 18 nitrogen and oxygen atoms in total. The lowest BCUT2D eigenvalue weighted by Crippen LogP contribution is -2.27. The van der Waals surface area contributed by atoms with Crippen LogP contribution in [0.4, 0.5) is 23.3 Å². The third kappa shape index (κ3) is 9.74. The molecule has 59 heavy (non-hydrogen) atoms. The third-order valence-corrected chi connectivity index (χ3v) is 9.23. The molecular weight excluding hydrogens is 757 g/mol. The highest BCUT2D eigenvalue weighted by atomic mass is 16.5. The van der Waals surface area contributed by atoms with Gasteiger partial charge in [0.2, 0.25) is 11.8 Å². The van der Waals surface area contributed by atoms with Crippen LogP contribution >= 0.6 is 0 Å². The molecular formula is C41H48N12O6. The molecule has 1 saturated heterocycles. The van der Waals surface area contributed by atoms with E-state index in [1.807, 2.05) is 30.3 Å². The van der Waals surface area contributed by atoms with Crippen LogP contribution in [0.2, 0.25) is 0 Å². The molecule has 3 aliphatic heterocycles. The van der Waals surface area contributed by atoms with Crippen LogP contribution in [0.3, 0.4) is 0 Å². The number of hydrogen-bond donors (Lipinski definition) is 3. The monoisotopic (exact) mass is 804 g/mol. The molecule has 9 rings (SSSR count). The summed E-state index contributed by atoms with van der Waals surface area (Å²) in [4.78, 5) is 57.3. The van der Waals surface area contributed by atoms with Crippen LogP contribution in [-0.4, -0.2) is 82.7 Å². The number of aliphatic hydroxyl groups excluding tert-OH is 1. The molecule has 5 N–H and O–H groups in total. The van der Waals surface area contributed by atoms with Gasteiger partial charge in [0.05, 0.1) is 45.2 Å². The number of fused-ring (bicyclic) bond motifs is 2. The topological polar surface area (TPSA) is 236 Å². The Morgan fingerprint density at radius 3 is 1.66 bits per heavy atom. The summed E-state index contributed by atoms with van der Waals surface area (Å²) in [5.41, 5.74) is 16.2. The number of carbonyl (C=O) groups is 3. The number of methoxy groups -OCH3 is 1. The summed E-state index contributed by atoms with van der Waals surface area (Å²) < 4.78 is 12.7. The van der Waals surface area contributed by atoms with Crippen LogP contribution in [0.5, 0.6) is 0 Å². The van der Waals surface area contributed by atoms with E-state index in [1.54, 1.807) is 60.0 Å². The van der Waals surface area contributed by atoms with Crippen molar-refractivity contribution >= 4 is 41.1 Å². The number of rotatable bonds is 8. The van der Waals surface area contributed by atoms with Gasteiger partial charge in [0.25, 0.3) is 11.9 Å². The van der Waals surface area contributed by atoms with Crippen molar-refractivity contribution in [3.05, 3.63) is 119 Å². The summed E-state index contributed by atoms with van der Waals surface area (Å²) in [6, 6.07) is 17.9. The second-order valence-electron chi connectivity index (χ2n) is 13.1. The molecule has 18 heteroatoms. The first kappa shape index (κ1) is 43.1. The Bertz CT molecular complexity index is 2380. The molecule has 3 aliphatic rings. The van der Waals surface area contributed by atoms with Gasteiger partial charge in [0.1, 0.15) is 23.3 Å². The minimum absolute atomic E-state index is 0. The van der Waals surface area contributed by atoms with E-state index in [9.17, 15) is 19.5 Å². The first-order chi connectivity index (χ1) is 27.7. The average molecular weight is 805 g/mol. The van der Waals surface area contributed by atoms with Gasteiger partial charge in [0, 0.05) is 49.1 Å². The second kappa shape index (κ2) is 19.4. The standard InChI is InChI=1S/C18H16N6O3.C17H16N6O2.C4H8O.2CH4/c1-27-17(26)12-5-2-4-11(8-12)10-23-14(25)9-13-15(19)21-18(22-16(13)23)24-7-3-6-20-24;18-15-13-8-14(25)22(9-11-3-1-4-12(7-11)10-24)16(13)21-17(20-15)23-6-2-5-19-23;1-2-4-5-3-1;;/h2-8H,9-10H2,1H3,(H2,19,21,22);1-7,24H,8-10H2,(H2,18,20,21);1-4H2;2*1H4. The summed E-state index contributed by atoms with van der Waals surface area (Å²) in [5.74, 6) is 1.48. The lowest BCUT2D eigenvalue weighted by molar-refractivity contribution is -0.118. The van der Waals surface area contributed by atoms with Crippen LogP contribution < -0.4 is 21.3 Å². The number of aromatic nitrogens is 8. The maximum Gasteiger partial charge on any atom is 0.337 e. The maximum atomic E-state index is 12.5. The first-order valence-electron chi connectivity index (χ1n) is 18.1. The summed E-state index contributed by atoms with van der Waals surface area (Å²) in [5, 5.41) is 17.5. The van der Waals surface area contributed by atoms with Crippen molar-refractivity contribution in [2.24, 2.45) is 0 Å². The number of aliphatic hydroxyl groups is 1. The summed E-state index contributed by atoms with van der Waals surface area (Å²) in [7, 11) is 1.33. The molecule has 2 amide bonds. The van der Waals surface area contributed by atoms with Gasteiger partial charge in [-0.05, 0) is 53.8 Å². The zero-order valence-corrected chi connectivity index (χ0v) is 31.1. The predicted molar refractivity (Wildman–Crippen MR) is 221 cm³/mol. The number of nitrogens with two attached hydrogens (primary N) is 2. The quantitative estimate of drug-likeness (QED) is 0.185. The fraction of sp³-hybridized carbons (Fsp3) is 0.293. The first-order valence-corrected chi connectivity index (χ1v) is 18.1. The Labute approximate surface area is 341 Å². The van der Waals surface area contributed by atoms with E-state index >= 15 is 0 Å². The average Bonchev–Trinajstić information content (AvgIpc) is 4.09. The molecule has 0 saturated carbocycles. The highest BCUT2D eigenvalue weighted by Crippen LogP contribution is 2.33. The van der Waals surface area contributed by atoms with E-state index in [1.165, 1.54) is 34.2 Å². The van der Waals surface area contributed by atoms with E-state index in [-0.39, 0.29) is 64.3 Å². The van der Waals surface area contributed by atoms with Gasteiger partial charge in [0.15, 0.2) is 0 Å². The molecule has 2 aromatic carbocycles. The number of hydrogen-bond acceptors (Lipinski definition) is 14.